The molecule has 2 aromatic rings. The van der Waals surface area contributed by atoms with Gasteiger partial charge in [0.1, 0.15) is 0 Å². The number of piperidine rings is 1. The Labute approximate surface area is 173 Å². The summed E-state index contributed by atoms with van der Waals surface area (Å²) in [5.41, 5.74) is 2.51. The smallest absolute Gasteiger partial charge is 0.318 e. The SMILES string of the molecule is CC1(C)CC(=O)/C(=C/c2ccccc2)CN1C(=O)NCCCCc1ccccc1. The average molecular weight is 391 g/mol. The average Bonchev–Trinajstić information content (AvgIpc) is 2.71. The minimum absolute atomic E-state index is 0.0961. The number of nitrogens with zero attached hydrogens (tertiary/aromatic N) is 1. The first-order valence-electron chi connectivity index (χ1n) is 10.3. The van der Waals surface area contributed by atoms with Gasteiger partial charge in [0, 0.05) is 24.1 Å². The Balaban J connectivity index is 1.55. The van der Waals surface area contributed by atoms with Crippen LogP contribution in [0, 0.1) is 0 Å². The van der Waals surface area contributed by atoms with Crippen molar-refractivity contribution in [3.8, 4) is 0 Å². The third-order valence-electron chi connectivity index (χ3n) is 5.41. The number of nitrogens with one attached hydrogen (secondary N) is 1. The first kappa shape index (κ1) is 20.8. The molecule has 1 aliphatic heterocycles. The molecule has 1 aliphatic rings. The molecule has 1 N–H and O–H groups in total. The lowest BCUT2D eigenvalue weighted by Crippen LogP contribution is -2.57. The van der Waals surface area contributed by atoms with Gasteiger partial charge in [-0.25, -0.2) is 4.79 Å². The van der Waals surface area contributed by atoms with Gasteiger partial charge in [-0.1, -0.05) is 60.7 Å². The van der Waals surface area contributed by atoms with Crippen molar-refractivity contribution in [2.45, 2.75) is 45.1 Å². The molecule has 2 amide bonds. The van der Waals surface area contributed by atoms with Crippen LogP contribution >= 0.6 is 0 Å². The zero-order valence-corrected chi connectivity index (χ0v) is 17.4. The summed E-state index contributed by atoms with van der Waals surface area (Å²) >= 11 is 0. The van der Waals surface area contributed by atoms with E-state index in [1.54, 1.807) is 4.90 Å². The first-order valence-corrected chi connectivity index (χ1v) is 10.3. The van der Waals surface area contributed by atoms with E-state index in [0.717, 1.165) is 24.8 Å². The molecule has 0 spiro atoms. The Kier molecular flexibility index (Phi) is 6.86. The van der Waals surface area contributed by atoms with E-state index in [2.05, 4.69) is 29.6 Å². The number of Topliss-reactive ketones (excluding diaryl/α,β-unsaturated/α-hetero) is 1. The summed E-state index contributed by atoms with van der Waals surface area (Å²) < 4.78 is 0. The molecule has 3 rings (SSSR count). The van der Waals surface area contributed by atoms with Crippen LogP contribution in [0.1, 0.15) is 44.2 Å². The van der Waals surface area contributed by atoms with Gasteiger partial charge in [0.25, 0.3) is 0 Å². The van der Waals surface area contributed by atoms with E-state index in [1.165, 1.54) is 5.56 Å². The van der Waals surface area contributed by atoms with Gasteiger partial charge in [0.05, 0.1) is 6.54 Å². The van der Waals surface area contributed by atoms with Crippen LogP contribution in [0.5, 0.6) is 0 Å². The first-order chi connectivity index (χ1) is 14.0. The zero-order valence-electron chi connectivity index (χ0n) is 17.4. The number of hydrogen-bond acceptors (Lipinski definition) is 2. The Morgan fingerprint density at radius 2 is 1.69 bits per heavy atom. The predicted octanol–water partition coefficient (Wildman–Crippen LogP) is 4.86. The Morgan fingerprint density at radius 1 is 1.03 bits per heavy atom. The number of amides is 2. The van der Waals surface area contributed by atoms with E-state index in [0.29, 0.717) is 25.1 Å². The van der Waals surface area contributed by atoms with Crippen LogP contribution in [0.2, 0.25) is 0 Å². The number of unbranched alkanes of at least 4 members (excludes halogenated alkanes) is 1. The second-order valence-corrected chi connectivity index (χ2v) is 8.25. The number of aryl methyl sites for hydroxylation is 1. The topological polar surface area (TPSA) is 49.4 Å². The highest BCUT2D eigenvalue weighted by molar-refractivity contribution is 6.02. The maximum absolute atomic E-state index is 12.8. The largest absolute Gasteiger partial charge is 0.338 e. The van der Waals surface area contributed by atoms with Gasteiger partial charge in [-0.2, -0.15) is 0 Å². The highest BCUT2D eigenvalue weighted by atomic mass is 16.2. The maximum atomic E-state index is 12.8. The fraction of sp³-hybridized carbons (Fsp3) is 0.360. The number of urea groups is 1. The summed E-state index contributed by atoms with van der Waals surface area (Å²) in [4.78, 5) is 27.2. The molecule has 1 fully saturated rings. The molecule has 1 saturated heterocycles. The van der Waals surface area contributed by atoms with Crippen LogP contribution in [0.15, 0.2) is 66.2 Å². The van der Waals surface area contributed by atoms with E-state index in [4.69, 9.17) is 0 Å². The summed E-state index contributed by atoms with van der Waals surface area (Å²) in [5, 5.41) is 3.04. The Morgan fingerprint density at radius 3 is 2.38 bits per heavy atom. The van der Waals surface area contributed by atoms with E-state index >= 15 is 0 Å². The van der Waals surface area contributed by atoms with Gasteiger partial charge in [-0.3, -0.25) is 4.79 Å². The molecular formula is C25H30N2O2. The van der Waals surface area contributed by atoms with Crippen molar-refractivity contribution in [2.24, 2.45) is 0 Å². The lowest BCUT2D eigenvalue weighted by Gasteiger charge is -2.42. The van der Waals surface area contributed by atoms with Crippen molar-refractivity contribution in [3.63, 3.8) is 0 Å². The van der Waals surface area contributed by atoms with E-state index in [9.17, 15) is 9.59 Å². The van der Waals surface area contributed by atoms with Gasteiger partial charge in [-0.15, -0.1) is 0 Å². The summed E-state index contributed by atoms with van der Waals surface area (Å²) in [5.74, 6) is 0.116. The molecule has 0 radical (unpaired) electrons. The maximum Gasteiger partial charge on any atom is 0.318 e. The Hall–Kier alpha value is -2.88. The van der Waals surface area contributed by atoms with Gasteiger partial charge in [0.2, 0.25) is 0 Å². The van der Waals surface area contributed by atoms with Crippen LogP contribution in [-0.4, -0.2) is 35.3 Å². The lowest BCUT2D eigenvalue weighted by molar-refractivity contribution is -0.119. The molecule has 152 valence electrons. The van der Waals surface area contributed by atoms with Gasteiger partial charge in [-0.05, 0) is 50.3 Å². The van der Waals surface area contributed by atoms with Gasteiger partial charge in [0.15, 0.2) is 5.78 Å². The molecular weight excluding hydrogens is 360 g/mol. The standard InChI is InChI=1S/C25H30N2O2/c1-25(2)18-23(28)22(17-21-14-7-4-8-15-21)19-27(25)24(29)26-16-10-9-13-20-11-5-3-6-12-20/h3-8,11-12,14-15,17H,9-10,13,16,18-19H2,1-2H3,(H,26,29)/b22-17+. The van der Waals surface area contributed by atoms with Crippen LogP contribution in [0.4, 0.5) is 4.79 Å². The third kappa shape index (κ3) is 5.80. The number of hydrogen-bond donors (Lipinski definition) is 1. The van der Waals surface area contributed by atoms with Crippen LogP contribution in [-0.2, 0) is 11.2 Å². The van der Waals surface area contributed by atoms with Crippen molar-refractivity contribution in [1.82, 2.24) is 10.2 Å². The summed E-state index contributed by atoms with van der Waals surface area (Å²) in [6.07, 6.45) is 5.22. The summed E-state index contributed by atoms with van der Waals surface area (Å²) in [7, 11) is 0. The van der Waals surface area contributed by atoms with Crippen molar-refractivity contribution in [3.05, 3.63) is 77.4 Å². The third-order valence-corrected chi connectivity index (χ3v) is 5.41. The highest BCUT2D eigenvalue weighted by Crippen LogP contribution is 2.29. The molecule has 0 aliphatic carbocycles. The number of carbonyl (C=O) groups is 2. The quantitative estimate of drug-likeness (QED) is 0.566. The van der Waals surface area contributed by atoms with E-state index in [1.807, 2.05) is 56.3 Å². The zero-order chi connectivity index (χ0) is 20.7. The number of likely N-dealkylation sites (tertiary alicyclic amines) is 1. The molecule has 0 aromatic heterocycles. The van der Waals surface area contributed by atoms with Crippen LogP contribution in [0.3, 0.4) is 0 Å². The van der Waals surface area contributed by atoms with Crippen molar-refractivity contribution < 1.29 is 9.59 Å². The number of benzene rings is 2. The molecule has 0 saturated carbocycles. The predicted molar refractivity (Wildman–Crippen MR) is 118 cm³/mol. The summed E-state index contributed by atoms with van der Waals surface area (Å²) in [6.45, 7) is 4.90. The second kappa shape index (κ2) is 9.55. The minimum Gasteiger partial charge on any atom is -0.338 e. The minimum atomic E-state index is -0.487. The van der Waals surface area contributed by atoms with Gasteiger partial charge < -0.3 is 10.2 Å². The van der Waals surface area contributed by atoms with Gasteiger partial charge >= 0.3 is 6.03 Å². The molecule has 29 heavy (non-hydrogen) atoms. The molecule has 4 heteroatoms. The lowest BCUT2D eigenvalue weighted by atomic mass is 9.86. The van der Waals surface area contributed by atoms with E-state index in [-0.39, 0.29) is 11.8 Å². The van der Waals surface area contributed by atoms with Crippen molar-refractivity contribution >= 4 is 17.9 Å². The number of ketones is 1. The number of rotatable bonds is 6. The fourth-order valence-electron chi connectivity index (χ4n) is 3.69. The molecule has 0 bridgehead atoms. The van der Waals surface area contributed by atoms with Crippen molar-refractivity contribution in [1.29, 1.82) is 0 Å². The van der Waals surface area contributed by atoms with Crippen molar-refractivity contribution in [2.75, 3.05) is 13.1 Å². The molecule has 0 atom stereocenters. The number of carbonyl (C=O) groups excluding carboxylic acids is 2. The van der Waals surface area contributed by atoms with Crippen LogP contribution < -0.4 is 5.32 Å². The normalized spacial score (nSPS) is 17.4. The highest BCUT2D eigenvalue weighted by Gasteiger charge is 2.39. The molecule has 2 aromatic carbocycles. The van der Waals surface area contributed by atoms with E-state index < -0.39 is 5.54 Å². The summed E-state index contributed by atoms with van der Waals surface area (Å²) in [6, 6.07) is 20.1. The molecule has 0 unspecified atom stereocenters. The van der Waals surface area contributed by atoms with Crippen LogP contribution in [0.25, 0.3) is 6.08 Å². The molecule has 1 heterocycles. The monoisotopic (exact) mass is 390 g/mol. The Bertz CT molecular complexity index is 857. The molecule has 4 nitrogen and oxygen atoms in total. The fourth-order valence-corrected chi connectivity index (χ4v) is 3.69. The second-order valence-electron chi connectivity index (χ2n) is 8.25.